The van der Waals surface area contributed by atoms with Gasteiger partial charge >= 0.3 is 24.1 Å². The SMILES string of the molecule is C=C(C)C(=O)OC(=C)C(=O)OC.C=C(C)C(=O)OCC(F)(F)F. The van der Waals surface area contributed by atoms with E-state index in [-0.39, 0.29) is 16.9 Å². The first kappa shape index (κ1) is 22.7. The van der Waals surface area contributed by atoms with E-state index >= 15 is 0 Å². The molecule has 0 spiro atoms. The third-order valence-electron chi connectivity index (χ3n) is 1.69. The van der Waals surface area contributed by atoms with Crippen molar-refractivity contribution in [3.05, 3.63) is 36.6 Å². The Labute approximate surface area is 131 Å². The molecule has 0 rings (SSSR count). The Morgan fingerprint density at radius 2 is 1.35 bits per heavy atom. The summed E-state index contributed by atoms with van der Waals surface area (Å²) in [5.74, 6) is -2.83. The van der Waals surface area contributed by atoms with Crippen LogP contribution in [-0.4, -0.2) is 37.8 Å². The molecule has 23 heavy (non-hydrogen) atoms. The van der Waals surface area contributed by atoms with Crippen molar-refractivity contribution in [2.24, 2.45) is 0 Å². The van der Waals surface area contributed by atoms with Gasteiger partial charge < -0.3 is 14.2 Å². The second kappa shape index (κ2) is 10.2. The Hall–Kier alpha value is -2.58. The molecule has 0 heterocycles. The summed E-state index contributed by atoms with van der Waals surface area (Å²) in [7, 11) is 1.17. The molecule has 0 aliphatic carbocycles. The number of halogens is 3. The van der Waals surface area contributed by atoms with E-state index in [9.17, 15) is 27.6 Å². The quantitative estimate of drug-likeness (QED) is 0.332. The summed E-state index contributed by atoms with van der Waals surface area (Å²) in [5, 5.41) is 0. The number of esters is 3. The van der Waals surface area contributed by atoms with Crippen molar-refractivity contribution in [3.63, 3.8) is 0 Å². The van der Waals surface area contributed by atoms with Crippen molar-refractivity contribution in [3.8, 4) is 0 Å². The molecule has 0 aromatic rings. The summed E-state index contributed by atoms with van der Waals surface area (Å²) < 4.78 is 46.6. The zero-order chi connectivity index (χ0) is 18.8. The average Bonchev–Trinajstić information content (AvgIpc) is 2.43. The highest BCUT2D eigenvalue weighted by Crippen LogP contribution is 2.14. The fourth-order valence-electron chi connectivity index (χ4n) is 0.625. The predicted molar refractivity (Wildman–Crippen MR) is 73.9 cm³/mol. The fraction of sp³-hybridized carbons (Fsp3) is 0.357. The van der Waals surface area contributed by atoms with Crippen LogP contribution in [0.1, 0.15) is 13.8 Å². The van der Waals surface area contributed by atoms with E-state index in [1.165, 1.54) is 21.0 Å². The summed E-state index contributed by atoms with van der Waals surface area (Å²) in [6, 6.07) is 0. The maximum absolute atomic E-state index is 11.4. The van der Waals surface area contributed by atoms with Crippen LogP contribution in [0.5, 0.6) is 0 Å². The van der Waals surface area contributed by atoms with E-state index in [2.05, 4.69) is 33.9 Å². The zero-order valence-electron chi connectivity index (χ0n) is 12.9. The molecule has 9 heteroatoms. The lowest BCUT2D eigenvalue weighted by atomic mass is 10.4. The molecule has 0 radical (unpaired) electrons. The molecule has 0 bridgehead atoms. The van der Waals surface area contributed by atoms with Crippen molar-refractivity contribution < 1.29 is 41.8 Å². The Kier molecular flexibility index (Phi) is 10.1. The average molecular weight is 338 g/mol. The summed E-state index contributed by atoms with van der Waals surface area (Å²) >= 11 is 0. The van der Waals surface area contributed by atoms with Crippen LogP contribution in [0, 0.1) is 0 Å². The first-order valence-electron chi connectivity index (χ1n) is 5.86. The Bertz CT molecular complexity index is 505. The van der Waals surface area contributed by atoms with Gasteiger partial charge in [0.25, 0.3) is 0 Å². The normalized spacial score (nSPS) is 9.65. The minimum Gasteiger partial charge on any atom is -0.463 e. The molecule has 0 aliphatic rings. The largest absolute Gasteiger partial charge is 0.463 e. The second-order valence-electron chi connectivity index (χ2n) is 4.06. The molecule has 0 saturated heterocycles. The lowest BCUT2D eigenvalue weighted by Crippen LogP contribution is -2.20. The highest BCUT2D eigenvalue weighted by Gasteiger charge is 2.29. The first-order valence-corrected chi connectivity index (χ1v) is 5.86. The molecule has 0 unspecified atom stereocenters. The van der Waals surface area contributed by atoms with Gasteiger partial charge in [0.15, 0.2) is 6.61 Å². The molecule has 0 atom stereocenters. The van der Waals surface area contributed by atoms with Gasteiger partial charge in [0.2, 0.25) is 5.76 Å². The minimum atomic E-state index is -4.47. The van der Waals surface area contributed by atoms with Gasteiger partial charge in [0.1, 0.15) is 0 Å². The Morgan fingerprint density at radius 3 is 1.65 bits per heavy atom. The van der Waals surface area contributed by atoms with Gasteiger partial charge in [-0.3, -0.25) is 0 Å². The third-order valence-corrected chi connectivity index (χ3v) is 1.69. The van der Waals surface area contributed by atoms with Gasteiger partial charge in [0.05, 0.1) is 7.11 Å². The Balaban J connectivity index is 0. The standard InChI is InChI=1S/C8H10O4.C6H7F3O2/c1-5(2)7(9)12-6(3)8(10)11-4;1-4(2)5(10)11-3-6(7,8)9/h1,3H2,2,4H3;1,3H2,2H3. The predicted octanol–water partition coefficient (Wildman–Crippen LogP) is 2.46. The van der Waals surface area contributed by atoms with Crippen LogP contribution < -0.4 is 0 Å². The second-order valence-corrected chi connectivity index (χ2v) is 4.06. The van der Waals surface area contributed by atoms with E-state index < -0.39 is 30.7 Å². The number of hydrogen-bond donors (Lipinski definition) is 0. The fourth-order valence-corrected chi connectivity index (χ4v) is 0.625. The van der Waals surface area contributed by atoms with Gasteiger partial charge in [-0.05, 0) is 20.4 Å². The van der Waals surface area contributed by atoms with Crippen LogP contribution >= 0.6 is 0 Å². The highest BCUT2D eigenvalue weighted by atomic mass is 19.4. The summed E-state index contributed by atoms with van der Waals surface area (Å²) in [4.78, 5) is 31.8. The van der Waals surface area contributed by atoms with Crippen molar-refractivity contribution in [1.29, 1.82) is 0 Å². The van der Waals surface area contributed by atoms with Crippen LogP contribution in [0.3, 0.4) is 0 Å². The molecular formula is C14H17F3O6. The smallest absolute Gasteiger partial charge is 0.422 e. The molecule has 0 aromatic carbocycles. The lowest BCUT2D eigenvalue weighted by Gasteiger charge is -2.06. The van der Waals surface area contributed by atoms with E-state index in [0.29, 0.717) is 0 Å². The van der Waals surface area contributed by atoms with Crippen LogP contribution in [-0.2, 0) is 28.6 Å². The number of methoxy groups -OCH3 is 1. The number of alkyl halides is 3. The molecule has 0 amide bonds. The topological polar surface area (TPSA) is 78.9 Å². The van der Waals surface area contributed by atoms with Crippen LogP contribution in [0.25, 0.3) is 0 Å². The summed E-state index contributed by atoms with van der Waals surface area (Å²) in [6.07, 6.45) is -4.47. The third kappa shape index (κ3) is 12.8. The van der Waals surface area contributed by atoms with Crippen molar-refractivity contribution in [2.45, 2.75) is 20.0 Å². The molecular weight excluding hydrogens is 321 g/mol. The van der Waals surface area contributed by atoms with Crippen molar-refractivity contribution >= 4 is 17.9 Å². The van der Waals surface area contributed by atoms with E-state index in [4.69, 9.17) is 0 Å². The molecule has 0 saturated carbocycles. The van der Waals surface area contributed by atoms with Crippen LogP contribution in [0.4, 0.5) is 13.2 Å². The van der Waals surface area contributed by atoms with Gasteiger partial charge in [-0.15, -0.1) is 0 Å². The first-order chi connectivity index (χ1) is 10.3. The number of carbonyl (C=O) groups is 3. The Morgan fingerprint density at radius 1 is 0.913 bits per heavy atom. The van der Waals surface area contributed by atoms with Gasteiger partial charge in [-0.1, -0.05) is 13.2 Å². The van der Waals surface area contributed by atoms with Gasteiger partial charge in [-0.2, -0.15) is 13.2 Å². The minimum absolute atomic E-state index is 0.0470. The van der Waals surface area contributed by atoms with E-state index in [1.54, 1.807) is 0 Å². The maximum Gasteiger partial charge on any atom is 0.422 e. The zero-order valence-corrected chi connectivity index (χ0v) is 12.9. The van der Waals surface area contributed by atoms with Gasteiger partial charge in [-0.25, -0.2) is 14.4 Å². The summed E-state index contributed by atoms with van der Waals surface area (Å²) in [6.45, 7) is 10.8. The molecule has 0 N–H and O–H groups in total. The van der Waals surface area contributed by atoms with Crippen LogP contribution in [0.2, 0.25) is 0 Å². The molecule has 0 fully saturated rings. The molecule has 0 aromatic heterocycles. The van der Waals surface area contributed by atoms with Crippen molar-refractivity contribution in [1.82, 2.24) is 0 Å². The van der Waals surface area contributed by atoms with Gasteiger partial charge in [0, 0.05) is 11.1 Å². The number of ether oxygens (including phenoxy) is 3. The number of rotatable bonds is 5. The number of hydrogen-bond acceptors (Lipinski definition) is 6. The molecule has 130 valence electrons. The lowest BCUT2D eigenvalue weighted by molar-refractivity contribution is -0.183. The highest BCUT2D eigenvalue weighted by molar-refractivity contribution is 5.93. The van der Waals surface area contributed by atoms with Crippen LogP contribution in [0.15, 0.2) is 36.6 Å². The maximum atomic E-state index is 11.4. The molecule has 0 aliphatic heterocycles. The van der Waals surface area contributed by atoms with E-state index in [0.717, 1.165) is 0 Å². The summed E-state index contributed by atoms with van der Waals surface area (Å²) in [5.41, 5.74) is 0.148. The van der Waals surface area contributed by atoms with Crippen molar-refractivity contribution in [2.75, 3.05) is 13.7 Å². The monoisotopic (exact) mass is 338 g/mol. The van der Waals surface area contributed by atoms with E-state index in [1.807, 2.05) is 0 Å². The molecule has 6 nitrogen and oxygen atoms in total. The number of carbonyl (C=O) groups excluding carboxylic acids is 3.